The van der Waals surface area contributed by atoms with Crippen molar-refractivity contribution in [3.8, 4) is 0 Å². The van der Waals surface area contributed by atoms with Crippen LogP contribution < -0.4 is 10.6 Å². The number of pyridine rings is 1. The zero-order chi connectivity index (χ0) is 15.1. The van der Waals surface area contributed by atoms with Crippen molar-refractivity contribution in [1.29, 1.82) is 0 Å². The second-order valence-corrected chi connectivity index (χ2v) is 6.34. The molecule has 0 bridgehead atoms. The summed E-state index contributed by atoms with van der Waals surface area (Å²) in [5.74, 6) is 1.66. The molecule has 0 radical (unpaired) electrons. The van der Waals surface area contributed by atoms with Crippen molar-refractivity contribution in [3.05, 3.63) is 30.1 Å². The van der Waals surface area contributed by atoms with E-state index in [1.165, 1.54) is 19.3 Å². The number of nitrogens with zero attached hydrogens (tertiary/aromatic N) is 1. The van der Waals surface area contributed by atoms with E-state index in [9.17, 15) is 4.79 Å². The van der Waals surface area contributed by atoms with E-state index in [-0.39, 0.29) is 5.91 Å². The molecule has 1 saturated carbocycles. The van der Waals surface area contributed by atoms with E-state index in [1.807, 2.05) is 12.1 Å². The molecule has 4 heteroatoms. The lowest BCUT2D eigenvalue weighted by Crippen LogP contribution is -2.40. The summed E-state index contributed by atoms with van der Waals surface area (Å²) in [7, 11) is 0. The van der Waals surface area contributed by atoms with Crippen LogP contribution in [0, 0.1) is 11.8 Å². The van der Waals surface area contributed by atoms with Gasteiger partial charge >= 0.3 is 0 Å². The van der Waals surface area contributed by atoms with E-state index in [2.05, 4.69) is 29.5 Å². The van der Waals surface area contributed by atoms with Gasteiger partial charge in [0, 0.05) is 37.9 Å². The molecule has 1 aliphatic rings. The summed E-state index contributed by atoms with van der Waals surface area (Å²) in [6.45, 7) is 5.97. The predicted octanol–water partition coefficient (Wildman–Crippen LogP) is 2.50. The summed E-state index contributed by atoms with van der Waals surface area (Å²) in [6.07, 6.45) is 7.89. The maximum Gasteiger partial charge on any atom is 0.221 e. The average molecular weight is 289 g/mol. The first-order valence-corrected chi connectivity index (χ1v) is 8.04. The van der Waals surface area contributed by atoms with Gasteiger partial charge in [0.2, 0.25) is 5.91 Å². The lowest BCUT2D eigenvalue weighted by atomic mass is 9.80. The summed E-state index contributed by atoms with van der Waals surface area (Å²) < 4.78 is 0. The molecule has 0 spiro atoms. The summed E-state index contributed by atoms with van der Waals surface area (Å²) in [6, 6.07) is 4.43. The van der Waals surface area contributed by atoms with E-state index < -0.39 is 0 Å². The number of rotatable bonds is 6. The number of carbonyl (C=O) groups excluding carboxylic acids is 1. The zero-order valence-electron chi connectivity index (χ0n) is 13.1. The van der Waals surface area contributed by atoms with Gasteiger partial charge in [-0.05, 0) is 42.7 Å². The van der Waals surface area contributed by atoms with Crippen LogP contribution in [0.4, 0.5) is 0 Å². The molecule has 116 valence electrons. The molecule has 0 saturated heterocycles. The largest absolute Gasteiger partial charge is 0.352 e. The van der Waals surface area contributed by atoms with Crippen molar-refractivity contribution in [2.45, 2.75) is 52.1 Å². The summed E-state index contributed by atoms with van der Waals surface area (Å²) in [5.41, 5.74) is 1.04. The van der Waals surface area contributed by atoms with Crippen molar-refractivity contribution in [2.75, 3.05) is 6.54 Å². The Hall–Kier alpha value is -1.42. The predicted molar refractivity (Wildman–Crippen MR) is 84.7 cm³/mol. The van der Waals surface area contributed by atoms with Crippen molar-refractivity contribution in [2.24, 2.45) is 11.8 Å². The molecule has 1 amide bonds. The van der Waals surface area contributed by atoms with E-state index in [1.54, 1.807) is 12.4 Å². The Kier molecular flexibility index (Phi) is 6.18. The highest BCUT2D eigenvalue weighted by Crippen LogP contribution is 2.28. The van der Waals surface area contributed by atoms with Crippen molar-refractivity contribution < 1.29 is 4.79 Å². The zero-order valence-corrected chi connectivity index (χ0v) is 13.1. The number of nitrogens with one attached hydrogen (secondary N) is 2. The molecule has 0 unspecified atom stereocenters. The smallest absolute Gasteiger partial charge is 0.221 e. The van der Waals surface area contributed by atoms with Crippen LogP contribution in [0.3, 0.4) is 0 Å². The first-order valence-electron chi connectivity index (χ1n) is 8.04. The highest BCUT2D eigenvalue weighted by molar-refractivity contribution is 5.76. The Labute approximate surface area is 127 Å². The third kappa shape index (κ3) is 5.46. The van der Waals surface area contributed by atoms with Gasteiger partial charge in [-0.15, -0.1) is 0 Å². The maximum absolute atomic E-state index is 11.8. The van der Waals surface area contributed by atoms with Gasteiger partial charge in [0.05, 0.1) is 0 Å². The second-order valence-electron chi connectivity index (χ2n) is 6.34. The van der Waals surface area contributed by atoms with Crippen molar-refractivity contribution >= 4 is 5.91 Å². The van der Waals surface area contributed by atoms with Gasteiger partial charge in [-0.3, -0.25) is 9.78 Å². The molecule has 1 aromatic heterocycles. The third-order valence-corrected chi connectivity index (χ3v) is 4.40. The Morgan fingerprint density at radius 2 is 2.24 bits per heavy atom. The Morgan fingerprint density at radius 3 is 2.95 bits per heavy atom. The fourth-order valence-corrected chi connectivity index (χ4v) is 3.13. The van der Waals surface area contributed by atoms with Gasteiger partial charge in [0.15, 0.2) is 0 Å². The molecule has 1 aromatic rings. The van der Waals surface area contributed by atoms with Crippen molar-refractivity contribution in [3.63, 3.8) is 0 Å². The van der Waals surface area contributed by atoms with Crippen LogP contribution in [0.2, 0.25) is 0 Å². The Morgan fingerprint density at radius 1 is 1.38 bits per heavy atom. The first-order chi connectivity index (χ1) is 10.1. The number of hydrogen-bond donors (Lipinski definition) is 2. The minimum Gasteiger partial charge on any atom is -0.352 e. The van der Waals surface area contributed by atoms with Crippen LogP contribution in [0.1, 0.15) is 45.1 Å². The van der Waals surface area contributed by atoms with E-state index >= 15 is 0 Å². The van der Waals surface area contributed by atoms with Crippen LogP contribution in [-0.4, -0.2) is 23.5 Å². The SMILES string of the molecule is C[C@@H]1CC[C@@H](NCCC(=O)NCc2cccnc2)[C@@H](C)C1. The maximum atomic E-state index is 11.8. The summed E-state index contributed by atoms with van der Waals surface area (Å²) >= 11 is 0. The minimum atomic E-state index is 0.100. The standard InChI is InChI=1S/C17H27N3O/c1-13-5-6-16(14(2)10-13)19-9-7-17(21)20-12-15-4-3-8-18-11-15/h3-4,8,11,13-14,16,19H,5-7,9-10,12H2,1-2H3,(H,20,21)/t13-,14+,16-/m1/s1. The highest BCUT2D eigenvalue weighted by atomic mass is 16.1. The van der Waals surface area contributed by atoms with Crippen LogP contribution in [-0.2, 0) is 11.3 Å². The topological polar surface area (TPSA) is 54.0 Å². The van der Waals surface area contributed by atoms with Gasteiger partial charge in [0.25, 0.3) is 0 Å². The summed E-state index contributed by atoms with van der Waals surface area (Å²) in [4.78, 5) is 15.9. The molecule has 1 fully saturated rings. The molecule has 1 aliphatic carbocycles. The van der Waals surface area contributed by atoms with Gasteiger partial charge in [-0.1, -0.05) is 19.9 Å². The first kappa shape index (κ1) is 16.0. The minimum absolute atomic E-state index is 0.100. The fraction of sp³-hybridized carbons (Fsp3) is 0.647. The normalized spacial score (nSPS) is 25.5. The molecule has 4 nitrogen and oxygen atoms in total. The van der Waals surface area contributed by atoms with E-state index in [4.69, 9.17) is 0 Å². The Balaban J connectivity index is 1.61. The molecule has 0 aliphatic heterocycles. The highest BCUT2D eigenvalue weighted by Gasteiger charge is 2.24. The van der Waals surface area contributed by atoms with E-state index in [0.717, 1.165) is 18.0 Å². The lowest BCUT2D eigenvalue weighted by Gasteiger charge is -2.33. The van der Waals surface area contributed by atoms with Crippen LogP contribution in [0.15, 0.2) is 24.5 Å². The molecule has 2 N–H and O–H groups in total. The van der Waals surface area contributed by atoms with Gasteiger partial charge < -0.3 is 10.6 Å². The number of hydrogen-bond acceptors (Lipinski definition) is 3. The molecule has 1 heterocycles. The Bertz CT molecular complexity index is 435. The number of carbonyl (C=O) groups is 1. The average Bonchev–Trinajstić information content (AvgIpc) is 2.48. The van der Waals surface area contributed by atoms with Gasteiger partial charge in [0.1, 0.15) is 0 Å². The van der Waals surface area contributed by atoms with Gasteiger partial charge in [-0.25, -0.2) is 0 Å². The molecule has 2 rings (SSSR count). The monoisotopic (exact) mass is 289 g/mol. The number of aromatic nitrogens is 1. The van der Waals surface area contributed by atoms with Crippen LogP contribution in [0.5, 0.6) is 0 Å². The quantitative estimate of drug-likeness (QED) is 0.846. The summed E-state index contributed by atoms with van der Waals surface area (Å²) in [5, 5.41) is 6.48. The lowest BCUT2D eigenvalue weighted by molar-refractivity contribution is -0.121. The molecule has 21 heavy (non-hydrogen) atoms. The van der Waals surface area contributed by atoms with Crippen molar-refractivity contribution in [1.82, 2.24) is 15.6 Å². The molecule has 3 atom stereocenters. The fourth-order valence-electron chi connectivity index (χ4n) is 3.13. The molecule has 0 aromatic carbocycles. The third-order valence-electron chi connectivity index (χ3n) is 4.40. The molecular weight excluding hydrogens is 262 g/mol. The second kappa shape index (κ2) is 8.13. The van der Waals surface area contributed by atoms with Crippen LogP contribution in [0.25, 0.3) is 0 Å². The molecular formula is C17H27N3O. The number of amides is 1. The van der Waals surface area contributed by atoms with Crippen LogP contribution >= 0.6 is 0 Å². The van der Waals surface area contributed by atoms with Gasteiger partial charge in [-0.2, -0.15) is 0 Å². The van der Waals surface area contributed by atoms with E-state index in [0.29, 0.717) is 24.9 Å².